The number of nitrogens with one attached hydrogen (secondary N) is 1. The maximum absolute atomic E-state index is 13.5. The second-order valence-corrected chi connectivity index (χ2v) is 5.61. The third-order valence-corrected chi connectivity index (χ3v) is 3.74. The normalized spacial score (nSPS) is 10.5. The number of rotatable bonds is 5. The molecule has 0 spiro atoms. The first-order valence-electron chi connectivity index (χ1n) is 7.95. The molecule has 0 aliphatic carbocycles. The van der Waals surface area contributed by atoms with Gasteiger partial charge in [-0.1, -0.05) is 30.3 Å². The molecule has 0 atom stereocenters. The molecule has 132 valence electrons. The lowest BCUT2D eigenvalue weighted by atomic mass is 10.1. The van der Waals surface area contributed by atoms with Crippen molar-refractivity contribution in [3.8, 4) is 5.75 Å². The molecule has 0 aliphatic heterocycles. The molecule has 0 aromatic heterocycles. The highest BCUT2D eigenvalue weighted by molar-refractivity contribution is 5.94. The topological polar surface area (TPSA) is 55.4 Å². The van der Waals surface area contributed by atoms with Gasteiger partial charge in [0.05, 0.1) is 12.0 Å². The van der Waals surface area contributed by atoms with Crippen molar-refractivity contribution >= 4 is 22.6 Å². The van der Waals surface area contributed by atoms with Gasteiger partial charge in [0.25, 0.3) is 5.91 Å². The molecule has 1 amide bonds. The Balaban J connectivity index is 1.52. The van der Waals surface area contributed by atoms with Crippen LogP contribution in [0.1, 0.15) is 16.8 Å². The van der Waals surface area contributed by atoms with E-state index in [1.54, 1.807) is 12.1 Å². The number of carbonyl (C=O) groups excluding carboxylic acids is 2. The van der Waals surface area contributed by atoms with Gasteiger partial charge in [-0.3, -0.25) is 9.59 Å². The first-order valence-corrected chi connectivity index (χ1v) is 7.95. The minimum atomic E-state index is -0.957. The first-order chi connectivity index (χ1) is 12.5. The number of esters is 1. The quantitative estimate of drug-likeness (QED) is 0.559. The summed E-state index contributed by atoms with van der Waals surface area (Å²) in [5, 5.41) is 4.37. The van der Waals surface area contributed by atoms with Crippen LogP contribution in [0.2, 0.25) is 0 Å². The monoisotopic (exact) mass is 355 g/mol. The number of amides is 1. The zero-order valence-electron chi connectivity index (χ0n) is 13.7. The fraction of sp³-hybridized carbons (Fsp3) is 0.100. The average molecular weight is 355 g/mol. The summed E-state index contributed by atoms with van der Waals surface area (Å²) in [4.78, 5) is 23.7. The molecule has 0 saturated carbocycles. The Hall–Kier alpha value is -3.28. The number of benzene rings is 3. The first kappa shape index (κ1) is 17.5. The van der Waals surface area contributed by atoms with Crippen molar-refractivity contribution in [2.75, 3.05) is 6.54 Å². The van der Waals surface area contributed by atoms with Crippen LogP contribution in [-0.4, -0.2) is 18.4 Å². The highest BCUT2D eigenvalue weighted by atomic mass is 19.1. The number of carbonyl (C=O) groups is 2. The summed E-state index contributed by atoms with van der Waals surface area (Å²) in [5.74, 6) is -2.56. The fourth-order valence-electron chi connectivity index (χ4n) is 2.46. The van der Waals surface area contributed by atoms with Crippen LogP contribution in [0.3, 0.4) is 0 Å². The van der Waals surface area contributed by atoms with E-state index in [1.165, 1.54) is 0 Å². The van der Waals surface area contributed by atoms with Gasteiger partial charge < -0.3 is 10.1 Å². The molecular weight excluding hydrogens is 340 g/mol. The smallest absolute Gasteiger partial charge is 0.312 e. The summed E-state index contributed by atoms with van der Waals surface area (Å²) >= 11 is 0. The van der Waals surface area contributed by atoms with Crippen molar-refractivity contribution in [2.24, 2.45) is 0 Å². The zero-order chi connectivity index (χ0) is 18.5. The highest BCUT2D eigenvalue weighted by Gasteiger charge is 2.13. The molecule has 1 N–H and O–H groups in total. The molecule has 0 radical (unpaired) electrons. The minimum Gasteiger partial charge on any atom is -0.426 e. The van der Waals surface area contributed by atoms with Crippen LogP contribution in [0.5, 0.6) is 5.75 Å². The zero-order valence-corrected chi connectivity index (χ0v) is 13.7. The molecular formula is C20H15F2NO3. The van der Waals surface area contributed by atoms with Gasteiger partial charge in [-0.05, 0) is 35.0 Å². The Morgan fingerprint density at radius 1 is 0.923 bits per heavy atom. The minimum absolute atomic E-state index is 0.0257. The van der Waals surface area contributed by atoms with Crippen LogP contribution in [0.25, 0.3) is 10.8 Å². The summed E-state index contributed by atoms with van der Waals surface area (Å²) in [6.45, 7) is -0.0257. The van der Waals surface area contributed by atoms with E-state index in [9.17, 15) is 18.4 Å². The molecule has 0 saturated heterocycles. The molecule has 3 aromatic rings. The molecule has 3 rings (SSSR count). The van der Waals surface area contributed by atoms with Gasteiger partial charge in [0, 0.05) is 12.6 Å². The third kappa shape index (κ3) is 4.22. The summed E-state index contributed by atoms with van der Waals surface area (Å²) in [6, 6.07) is 15.6. The molecule has 4 nitrogen and oxygen atoms in total. The molecule has 0 fully saturated rings. The van der Waals surface area contributed by atoms with E-state index in [-0.39, 0.29) is 18.5 Å². The van der Waals surface area contributed by atoms with E-state index >= 15 is 0 Å². The van der Waals surface area contributed by atoms with Crippen molar-refractivity contribution in [2.45, 2.75) is 6.42 Å². The van der Waals surface area contributed by atoms with Crippen LogP contribution in [-0.2, 0) is 4.79 Å². The average Bonchev–Trinajstić information content (AvgIpc) is 2.61. The van der Waals surface area contributed by atoms with Crippen LogP contribution in [0.4, 0.5) is 8.78 Å². The second kappa shape index (κ2) is 7.74. The summed E-state index contributed by atoms with van der Waals surface area (Å²) in [5.41, 5.74) is -0.283. The van der Waals surface area contributed by atoms with E-state index in [0.29, 0.717) is 11.8 Å². The van der Waals surface area contributed by atoms with Gasteiger partial charge in [0.2, 0.25) is 0 Å². The number of halogens is 2. The van der Waals surface area contributed by atoms with E-state index in [0.717, 1.165) is 22.9 Å². The predicted octanol–water partition coefficient (Wildman–Crippen LogP) is 3.84. The van der Waals surface area contributed by atoms with Crippen molar-refractivity contribution < 1.29 is 23.1 Å². The number of hydrogen-bond acceptors (Lipinski definition) is 3. The van der Waals surface area contributed by atoms with Gasteiger partial charge >= 0.3 is 5.97 Å². The summed E-state index contributed by atoms with van der Waals surface area (Å²) in [7, 11) is 0. The summed E-state index contributed by atoms with van der Waals surface area (Å²) < 4.78 is 31.6. The molecule has 0 heterocycles. The van der Waals surface area contributed by atoms with Crippen LogP contribution in [0, 0.1) is 11.6 Å². The lowest BCUT2D eigenvalue weighted by Crippen LogP contribution is -2.27. The van der Waals surface area contributed by atoms with Gasteiger partial charge in [-0.2, -0.15) is 0 Å². The maximum atomic E-state index is 13.5. The Bertz CT molecular complexity index is 972. The summed E-state index contributed by atoms with van der Waals surface area (Å²) in [6.07, 6.45) is -0.0820. The predicted molar refractivity (Wildman–Crippen MR) is 92.9 cm³/mol. The molecule has 0 aliphatic rings. The van der Waals surface area contributed by atoms with Gasteiger partial charge in [-0.25, -0.2) is 8.78 Å². The molecule has 6 heteroatoms. The lowest BCUT2D eigenvalue weighted by Gasteiger charge is -2.07. The van der Waals surface area contributed by atoms with Crippen molar-refractivity contribution in [3.63, 3.8) is 0 Å². The second-order valence-electron chi connectivity index (χ2n) is 5.61. The van der Waals surface area contributed by atoms with Crippen LogP contribution < -0.4 is 10.1 Å². The van der Waals surface area contributed by atoms with Crippen molar-refractivity contribution in [3.05, 3.63) is 77.9 Å². The Morgan fingerprint density at radius 2 is 1.69 bits per heavy atom. The Labute approximate surface area is 148 Å². The van der Waals surface area contributed by atoms with Gasteiger partial charge in [0.15, 0.2) is 0 Å². The SMILES string of the molecule is O=C(CCNC(=O)c1ccc(F)cc1F)Oc1ccc2ccccc2c1. The van der Waals surface area contributed by atoms with Crippen LogP contribution in [0.15, 0.2) is 60.7 Å². The van der Waals surface area contributed by atoms with Gasteiger partial charge in [0.1, 0.15) is 17.4 Å². The molecule has 26 heavy (non-hydrogen) atoms. The van der Waals surface area contributed by atoms with E-state index < -0.39 is 23.5 Å². The van der Waals surface area contributed by atoms with E-state index in [1.807, 2.05) is 30.3 Å². The molecule has 0 unspecified atom stereocenters. The van der Waals surface area contributed by atoms with Crippen molar-refractivity contribution in [1.29, 1.82) is 0 Å². The largest absolute Gasteiger partial charge is 0.426 e. The van der Waals surface area contributed by atoms with Crippen molar-refractivity contribution in [1.82, 2.24) is 5.32 Å². The van der Waals surface area contributed by atoms with Gasteiger partial charge in [-0.15, -0.1) is 0 Å². The Morgan fingerprint density at radius 3 is 2.46 bits per heavy atom. The lowest BCUT2D eigenvalue weighted by molar-refractivity contribution is -0.134. The molecule has 3 aromatic carbocycles. The standard InChI is InChI=1S/C20H15F2NO3/c21-15-6-8-17(18(22)12-15)20(25)23-10-9-19(24)26-16-7-5-13-3-1-2-4-14(13)11-16/h1-8,11-12H,9-10H2,(H,23,25). The van der Waals surface area contributed by atoms with E-state index in [4.69, 9.17) is 4.74 Å². The highest BCUT2D eigenvalue weighted by Crippen LogP contribution is 2.20. The Kier molecular flexibility index (Phi) is 5.22. The number of hydrogen-bond donors (Lipinski definition) is 1. The maximum Gasteiger partial charge on any atom is 0.312 e. The van der Waals surface area contributed by atoms with Crippen LogP contribution >= 0.6 is 0 Å². The fourth-order valence-corrected chi connectivity index (χ4v) is 2.46. The number of fused-ring (bicyclic) bond motifs is 1. The van der Waals surface area contributed by atoms with E-state index in [2.05, 4.69) is 5.32 Å². The molecule has 0 bridgehead atoms. The number of ether oxygens (including phenoxy) is 1. The third-order valence-electron chi connectivity index (χ3n) is 3.74.